The van der Waals surface area contributed by atoms with E-state index in [1.54, 1.807) is 6.07 Å². The van der Waals surface area contributed by atoms with Crippen LogP contribution in [0.3, 0.4) is 0 Å². The molecule has 2 aromatic carbocycles. The van der Waals surface area contributed by atoms with Crippen molar-refractivity contribution in [1.29, 1.82) is 0 Å². The standard InChI is InChI=1S/C22H22FN3OS/c1-2-27-19-10-8-16(9-11-19)21-20-7-4-12-25(20)13-14-26(21)22(28)24-18-6-3-5-17(23)15-18/h3-12,15,21H,2,13-14H2,1H3,(H,24,28). The third kappa shape index (κ3) is 3.73. The predicted octanol–water partition coefficient (Wildman–Crippen LogP) is 4.83. The maximum atomic E-state index is 13.5. The normalized spacial score (nSPS) is 15.8. The van der Waals surface area contributed by atoms with Crippen LogP contribution in [0.25, 0.3) is 0 Å². The lowest BCUT2D eigenvalue weighted by Gasteiger charge is -2.39. The highest BCUT2D eigenvalue weighted by Gasteiger charge is 2.30. The number of rotatable bonds is 4. The van der Waals surface area contributed by atoms with Crippen LogP contribution < -0.4 is 10.1 Å². The fourth-order valence-electron chi connectivity index (χ4n) is 3.63. The van der Waals surface area contributed by atoms with Gasteiger partial charge < -0.3 is 19.5 Å². The van der Waals surface area contributed by atoms with Crippen LogP contribution in [0.2, 0.25) is 0 Å². The molecule has 3 aromatic rings. The van der Waals surface area contributed by atoms with E-state index in [2.05, 4.69) is 45.2 Å². The number of anilines is 1. The van der Waals surface area contributed by atoms with Crippen LogP contribution in [0, 0.1) is 5.82 Å². The van der Waals surface area contributed by atoms with Gasteiger partial charge in [0, 0.05) is 30.7 Å². The Balaban J connectivity index is 1.64. The number of halogens is 1. The van der Waals surface area contributed by atoms with Gasteiger partial charge in [-0.2, -0.15) is 0 Å². The Morgan fingerprint density at radius 2 is 1.96 bits per heavy atom. The summed E-state index contributed by atoms with van der Waals surface area (Å²) in [6.45, 7) is 4.22. The van der Waals surface area contributed by atoms with Crippen molar-refractivity contribution in [3.05, 3.63) is 83.9 Å². The molecule has 0 fully saturated rings. The third-order valence-electron chi connectivity index (χ3n) is 4.88. The fraction of sp³-hybridized carbons (Fsp3) is 0.227. The first-order chi connectivity index (χ1) is 13.7. The first-order valence-electron chi connectivity index (χ1n) is 9.36. The molecule has 144 valence electrons. The molecule has 0 aliphatic carbocycles. The predicted molar refractivity (Wildman–Crippen MR) is 113 cm³/mol. The molecule has 1 aliphatic heterocycles. The van der Waals surface area contributed by atoms with E-state index in [-0.39, 0.29) is 11.9 Å². The van der Waals surface area contributed by atoms with Gasteiger partial charge in [0.15, 0.2) is 5.11 Å². The Labute approximate surface area is 169 Å². The summed E-state index contributed by atoms with van der Waals surface area (Å²) in [6, 6.07) is 18.7. The maximum absolute atomic E-state index is 13.5. The van der Waals surface area contributed by atoms with E-state index in [0.29, 0.717) is 17.4 Å². The third-order valence-corrected chi connectivity index (χ3v) is 5.22. The summed E-state index contributed by atoms with van der Waals surface area (Å²) in [5.41, 5.74) is 2.96. The first-order valence-corrected chi connectivity index (χ1v) is 9.77. The van der Waals surface area contributed by atoms with Gasteiger partial charge in [0.05, 0.1) is 12.6 Å². The van der Waals surface area contributed by atoms with Crippen molar-refractivity contribution in [2.75, 3.05) is 18.5 Å². The Hall–Kier alpha value is -2.86. The molecule has 0 amide bonds. The van der Waals surface area contributed by atoms with E-state index in [4.69, 9.17) is 17.0 Å². The number of hydrogen-bond donors (Lipinski definition) is 1. The Morgan fingerprint density at radius 3 is 2.71 bits per heavy atom. The van der Waals surface area contributed by atoms with Gasteiger partial charge in [0.2, 0.25) is 0 Å². The number of aromatic nitrogens is 1. The van der Waals surface area contributed by atoms with Crippen molar-refractivity contribution < 1.29 is 9.13 Å². The SMILES string of the molecule is CCOc1ccc(C2c3cccn3CCN2C(=S)Nc2cccc(F)c2)cc1. The zero-order chi connectivity index (χ0) is 19.5. The quantitative estimate of drug-likeness (QED) is 0.641. The molecule has 28 heavy (non-hydrogen) atoms. The van der Waals surface area contributed by atoms with Crippen molar-refractivity contribution in [3.8, 4) is 5.75 Å². The van der Waals surface area contributed by atoms with Crippen LogP contribution >= 0.6 is 12.2 Å². The van der Waals surface area contributed by atoms with E-state index in [1.165, 1.54) is 17.8 Å². The molecular weight excluding hydrogens is 373 g/mol. The minimum atomic E-state index is -0.289. The first kappa shape index (κ1) is 18.5. The van der Waals surface area contributed by atoms with E-state index < -0.39 is 0 Å². The van der Waals surface area contributed by atoms with Crippen LogP contribution in [-0.2, 0) is 6.54 Å². The smallest absolute Gasteiger partial charge is 0.174 e. The monoisotopic (exact) mass is 395 g/mol. The number of ether oxygens (including phenoxy) is 1. The van der Waals surface area contributed by atoms with E-state index in [9.17, 15) is 4.39 Å². The van der Waals surface area contributed by atoms with Crippen LogP contribution in [0.15, 0.2) is 66.9 Å². The number of thiocarbonyl (C=S) groups is 1. The molecule has 1 N–H and O–H groups in total. The summed E-state index contributed by atoms with van der Waals surface area (Å²) < 4.78 is 21.4. The van der Waals surface area contributed by atoms with Crippen molar-refractivity contribution in [2.24, 2.45) is 0 Å². The Morgan fingerprint density at radius 1 is 1.14 bits per heavy atom. The van der Waals surface area contributed by atoms with Gasteiger partial charge in [0.1, 0.15) is 11.6 Å². The van der Waals surface area contributed by atoms with Gasteiger partial charge in [-0.25, -0.2) is 4.39 Å². The second-order valence-electron chi connectivity index (χ2n) is 6.66. The summed E-state index contributed by atoms with van der Waals surface area (Å²) in [6.07, 6.45) is 2.09. The van der Waals surface area contributed by atoms with Crippen LogP contribution in [0.5, 0.6) is 5.75 Å². The minimum absolute atomic E-state index is 0.0204. The van der Waals surface area contributed by atoms with Gasteiger partial charge in [-0.05, 0) is 67.2 Å². The van der Waals surface area contributed by atoms with Gasteiger partial charge in [-0.15, -0.1) is 0 Å². The lowest BCUT2D eigenvalue weighted by atomic mass is 10.00. The molecule has 0 spiro atoms. The highest BCUT2D eigenvalue weighted by Crippen LogP contribution is 2.33. The second-order valence-corrected chi connectivity index (χ2v) is 7.05. The van der Waals surface area contributed by atoms with E-state index in [1.807, 2.05) is 25.1 Å². The van der Waals surface area contributed by atoms with E-state index >= 15 is 0 Å². The largest absolute Gasteiger partial charge is 0.494 e. The van der Waals surface area contributed by atoms with Gasteiger partial charge in [0.25, 0.3) is 0 Å². The van der Waals surface area contributed by atoms with Crippen molar-refractivity contribution in [1.82, 2.24) is 9.47 Å². The highest BCUT2D eigenvalue weighted by atomic mass is 32.1. The molecule has 4 nitrogen and oxygen atoms in total. The maximum Gasteiger partial charge on any atom is 0.174 e. The molecular formula is C22H22FN3OS. The molecule has 4 rings (SSSR count). The molecule has 0 bridgehead atoms. The van der Waals surface area contributed by atoms with E-state index in [0.717, 1.165) is 24.4 Å². The number of hydrogen-bond acceptors (Lipinski definition) is 2. The zero-order valence-electron chi connectivity index (χ0n) is 15.6. The summed E-state index contributed by atoms with van der Waals surface area (Å²) >= 11 is 5.71. The summed E-state index contributed by atoms with van der Waals surface area (Å²) in [7, 11) is 0. The minimum Gasteiger partial charge on any atom is -0.494 e. The second kappa shape index (κ2) is 8.02. The Kier molecular flexibility index (Phi) is 5.30. The lowest BCUT2D eigenvalue weighted by Crippen LogP contribution is -2.44. The van der Waals surface area contributed by atoms with Crippen molar-refractivity contribution in [2.45, 2.75) is 19.5 Å². The summed E-state index contributed by atoms with van der Waals surface area (Å²) in [5.74, 6) is 0.563. The van der Waals surface area contributed by atoms with Crippen LogP contribution in [0.1, 0.15) is 24.2 Å². The van der Waals surface area contributed by atoms with Crippen LogP contribution in [-0.4, -0.2) is 27.7 Å². The number of benzene rings is 2. The molecule has 1 atom stereocenters. The summed E-state index contributed by atoms with van der Waals surface area (Å²) in [4.78, 5) is 2.16. The molecule has 0 saturated heterocycles. The molecule has 0 radical (unpaired) electrons. The molecule has 1 aromatic heterocycles. The number of fused-ring (bicyclic) bond motifs is 1. The number of nitrogens with one attached hydrogen (secondary N) is 1. The zero-order valence-corrected chi connectivity index (χ0v) is 16.5. The average Bonchev–Trinajstić information content (AvgIpc) is 3.17. The average molecular weight is 396 g/mol. The lowest BCUT2D eigenvalue weighted by molar-refractivity contribution is 0.293. The molecule has 1 unspecified atom stereocenters. The van der Waals surface area contributed by atoms with Gasteiger partial charge >= 0.3 is 0 Å². The summed E-state index contributed by atoms with van der Waals surface area (Å²) in [5, 5.41) is 3.77. The molecule has 1 aliphatic rings. The fourth-order valence-corrected chi connectivity index (χ4v) is 3.94. The van der Waals surface area contributed by atoms with Gasteiger partial charge in [-0.1, -0.05) is 18.2 Å². The van der Waals surface area contributed by atoms with Crippen molar-refractivity contribution in [3.63, 3.8) is 0 Å². The molecule has 6 heteroatoms. The highest BCUT2D eigenvalue weighted by molar-refractivity contribution is 7.80. The topological polar surface area (TPSA) is 29.4 Å². The molecule has 0 saturated carbocycles. The number of nitrogens with zero attached hydrogens (tertiary/aromatic N) is 2. The van der Waals surface area contributed by atoms with Crippen LogP contribution in [0.4, 0.5) is 10.1 Å². The Bertz CT molecular complexity index is 970. The van der Waals surface area contributed by atoms with Gasteiger partial charge in [-0.3, -0.25) is 0 Å². The van der Waals surface area contributed by atoms with Crippen molar-refractivity contribution >= 4 is 23.0 Å². The molecule has 2 heterocycles.